The quantitative estimate of drug-likeness (QED) is 0.586. The van der Waals surface area contributed by atoms with E-state index >= 15 is 0 Å². The molecule has 0 aliphatic heterocycles. The summed E-state index contributed by atoms with van der Waals surface area (Å²) in [5.74, 6) is 0.764. The van der Waals surface area contributed by atoms with Crippen LogP contribution in [0.2, 0.25) is 0 Å². The van der Waals surface area contributed by atoms with Crippen molar-refractivity contribution in [1.29, 1.82) is 5.26 Å². The van der Waals surface area contributed by atoms with Gasteiger partial charge in [-0.2, -0.15) is 10.4 Å². The van der Waals surface area contributed by atoms with Gasteiger partial charge < -0.3 is 10.1 Å². The van der Waals surface area contributed by atoms with Gasteiger partial charge in [0.25, 0.3) is 0 Å². The lowest BCUT2D eigenvalue weighted by atomic mass is 10.1. The molecule has 0 aromatic carbocycles. The number of aromatic nitrogens is 4. The van der Waals surface area contributed by atoms with E-state index in [-0.39, 0.29) is 5.91 Å². The number of nitrogens with zero attached hydrogens (tertiary/aromatic N) is 5. The lowest BCUT2D eigenvalue weighted by Gasteiger charge is -2.11. The Bertz CT molecular complexity index is 1040. The van der Waals surface area contributed by atoms with E-state index in [0.29, 0.717) is 44.0 Å². The summed E-state index contributed by atoms with van der Waals surface area (Å²) in [5.41, 5.74) is 3.90. The summed E-state index contributed by atoms with van der Waals surface area (Å²) in [5, 5.41) is 16.1. The molecule has 3 aromatic rings. The molecule has 154 valence electrons. The minimum Gasteiger partial charge on any atom is -0.485 e. The molecule has 0 saturated heterocycles. The summed E-state index contributed by atoms with van der Waals surface area (Å²) in [6.45, 7) is 4.81. The maximum atomic E-state index is 12.5. The molecular weight excluding hydrogens is 380 g/mol. The number of ether oxygens (including phenoxy) is 1. The highest BCUT2D eigenvalue weighted by Gasteiger charge is 2.14. The third kappa shape index (κ3) is 5.41. The fourth-order valence-electron chi connectivity index (χ4n) is 3.14. The highest BCUT2D eigenvalue weighted by molar-refractivity contribution is 5.91. The Kier molecular flexibility index (Phi) is 7.11. The molecule has 1 N–H and O–H groups in total. The Labute approximate surface area is 175 Å². The van der Waals surface area contributed by atoms with Crippen molar-refractivity contribution in [1.82, 2.24) is 19.7 Å². The number of rotatable bonds is 9. The molecule has 0 spiro atoms. The number of pyridine rings is 2. The van der Waals surface area contributed by atoms with Gasteiger partial charge in [0.15, 0.2) is 11.6 Å². The van der Waals surface area contributed by atoms with Crippen LogP contribution in [-0.2, 0) is 24.4 Å². The van der Waals surface area contributed by atoms with Crippen molar-refractivity contribution in [2.24, 2.45) is 0 Å². The maximum absolute atomic E-state index is 12.5. The minimum absolute atomic E-state index is 0.147. The molecule has 3 heterocycles. The molecule has 0 aliphatic rings. The topological polar surface area (TPSA) is 106 Å². The smallest absolute Gasteiger partial charge is 0.225 e. The van der Waals surface area contributed by atoms with Crippen LogP contribution in [0.1, 0.15) is 35.4 Å². The van der Waals surface area contributed by atoms with E-state index in [4.69, 9.17) is 10.00 Å². The first-order chi connectivity index (χ1) is 14.6. The number of amides is 1. The molecule has 0 radical (unpaired) electrons. The summed E-state index contributed by atoms with van der Waals surface area (Å²) < 4.78 is 7.65. The first kappa shape index (κ1) is 21.0. The van der Waals surface area contributed by atoms with Gasteiger partial charge in [-0.25, -0.2) is 4.98 Å². The molecule has 0 unspecified atom stereocenters. The minimum atomic E-state index is -0.147. The predicted molar refractivity (Wildman–Crippen MR) is 112 cm³/mol. The molecular formula is C22H24N6O2. The average Bonchev–Trinajstić information content (AvgIpc) is 3.03. The zero-order valence-corrected chi connectivity index (χ0v) is 17.1. The van der Waals surface area contributed by atoms with E-state index in [1.807, 2.05) is 30.7 Å². The third-order valence-corrected chi connectivity index (χ3v) is 4.74. The number of hydrogen-bond donors (Lipinski definition) is 1. The first-order valence-electron chi connectivity index (χ1n) is 9.75. The van der Waals surface area contributed by atoms with Crippen LogP contribution in [0.25, 0.3) is 0 Å². The third-order valence-electron chi connectivity index (χ3n) is 4.74. The lowest BCUT2D eigenvalue weighted by molar-refractivity contribution is -0.116. The summed E-state index contributed by atoms with van der Waals surface area (Å²) in [4.78, 5) is 20.8. The van der Waals surface area contributed by atoms with Crippen molar-refractivity contribution in [2.75, 3.05) is 5.32 Å². The van der Waals surface area contributed by atoms with Crippen LogP contribution >= 0.6 is 0 Å². The van der Waals surface area contributed by atoms with Crippen LogP contribution in [-0.4, -0.2) is 25.7 Å². The van der Waals surface area contributed by atoms with E-state index in [1.165, 1.54) is 0 Å². The molecule has 3 rings (SSSR count). The van der Waals surface area contributed by atoms with Crippen molar-refractivity contribution in [3.63, 3.8) is 0 Å². The Morgan fingerprint density at radius 1 is 1.23 bits per heavy atom. The molecule has 8 nitrogen and oxygen atoms in total. The molecule has 0 saturated carbocycles. The monoisotopic (exact) mass is 404 g/mol. The fraction of sp³-hybridized carbons (Fsp3) is 0.318. The normalized spacial score (nSPS) is 10.4. The van der Waals surface area contributed by atoms with Crippen molar-refractivity contribution in [3.8, 4) is 11.8 Å². The standard InChI is InChI=1S/C22H24N6O2/c1-16-19(17(2)28(27-16)14-4-10-23)6-7-21(29)26-22-20(5-3-11-25-22)30-15-18-8-12-24-13-9-18/h3,5,8-9,11-13H,4,6-7,14-15H2,1-2H3,(H,25,26,29). The van der Waals surface area contributed by atoms with Gasteiger partial charge in [0.05, 0.1) is 24.7 Å². The Balaban J connectivity index is 1.59. The second kappa shape index (κ2) is 10.2. The van der Waals surface area contributed by atoms with Crippen LogP contribution in [0.3, 0.4) is 0 Å². The number of nitriles is 1. The van der Waals surface area contributed by atoms with E-state index < -0.39 is 0 Å². The fourth-order valence-corrected chi connectivity index (χ4v) is 3.14. The molecule has 1 amide bonds. The van der Waals surface area contributed by atoms with Crippen molar-refractivity contribution in [2.45, 2.75) is 46.3 Å². The van der Waals surface area contributed by atoms with Crippen LogP contribution in [0, 0.1) is 25.2 Å². The summed E-state index contributed by atoms with van der Waals surface area (Å²) in [7, 11) is 0. The second-order valence-electron chi connectivity index (χ2n) is 6.82. The zero-order valence-electron chi connectivity index (χ0n) is 17.1. The molecule has 8 heteroatoms. The van der Waals surface area contributed by atoms with Crippen LogP contribution in [0.4, 0.5) is 5.82 Å². The molecule has 0 fully saturated rings. The van der Waals surface area contributed by atoms with Gasteiger partial charge in [0, 0.05) is 30.7 Å². The molecule has 0 aliphatic carbocycles. The van der Waals surface area contributed by atoms with E-state index in [0.717, 1.165) is 22.5 Å². The molecule has 0 bridgehead atoms. The van der Waals surface area contributed by atoms with Gasteiger partial charge >= 0.3 is 0 Å². The van der Waals surface area contributed by atoms with Crippen LogP contribution in [0.5, 0.6) is 5.75 Å². The molecule has 30 heavy (non-hydrogen) atoms. The Morgan fingerprint density at radius 2 is 2.03 bits per heavy atom. The van der Waals surface area contributed by atoms with Gasteiger partial charge in [-0.1, -0.05) is 0 Å². The Hall–Kier alpha value is -3.73. The number of anilines is 1. The van der Waals surface area contributed by atoms with Crippen molar-refractivity contribution >= 4 is 11.7 Å². The van der Waals surface area contributed by atoms with Gasteiger partial charge in [0.2, 0.25) is 5.91 Å². The first-order valence-corrected chi connectivity index (χ1v) is 9.75. The van der Waals surface area contributed by atoms with Crippen molar-refractivity contribution < 1.29 is 9.53 Å². The average molecular weight is 404 g/mol. The van der Waals surface area contributed by atoms with E-state index in [1.54, 1.807) is 30.7 Å². The van der Waals surface area contributed by atoms with E-state index in [2.05, 4.69) is 26.5 Å². The van der Waals surface area contributed by atoms with Gasteiger partial charge in [-0.15, -0.1) is 0 Å². The van der Waals surface area contributed by atoms with E-state index in [9.17, 15) is 4.79 Å². The predicted octanol–water partition coefficient (Wildman–Crippen LogP) is 3.35. The van der Waals surface area contributed by atoms with Crippen LogP contribution < -0.4 is 10.1 Å². The van der Waals surface area contributed by atoms with Crippen molar-refractivity contribution in [3.05, 3.63) is 65.4 Å². The number of aryl methyl sites for hydroxylation is 2. The molecule has 3 aromatic heterocycles. The summed E-state index contributed by atoms with van der Waals surface area (Å²) >= 11 is 0. The second-order valence-corrected chi connectivity index (χ2v) is 6.82. The van der Waals surface area contributed by atoms with Gasteiger partial charge in [-0.05, 0) is 55.7 Å². The highest BCUT2D eigenvalue weighted by Crippen LogP contribution is 2.23. The SMILES string of the molecule is Cc1nn(CCC#N)c(C)c1CCC(=O)Nc1ncccc1OCc1ccncc1. The number of carbonyl (C=O) groups excluding carboxylic acids is 1. The number of hydrogen-bond acceptors (Lipinski definition) is 6. The zero-order chi connectivity index (χ0) is 21.3. The van der Waals surface area contributed by atoms with Gasteiger partial charge in [0.1, 0.15) is 6.61 Å². The number of carbonyl (C=O) groups is 1. The highest BCUT2D eigenvalue weighted by atomic mass is 16.5. The maximum Gasteiger partial charge on any atom is 0.225 e. The summed E-state index contributed by atoms with van der Waals surface area (Å²) in [6, 6.07) is 9.41. The summed E-state index contributed by atoms with van der Waals surface area (Å²) in [6.07, 6.45) is 6.29. The van der Waals surface area contributed by atoms with Gasteiger partial charge in [-0.3, -0.25) is 14.5 Å². The van der Waals surface area contributed by atoms with Crippen LogP contribution in [0.15, 0.2) is 42.9 Å². The molecule has 0 atom stereocenters. The largest absolute Gasteiger partial charge is 0.485 e. The number of nitrogens with one attached hydrogen (secondary N) is 1. The lowest BCUT2D eigenvalue weighted by Crippen LogP contribution is -2.15. The Morgan fingerprint density at radius 3 is 2.80 bits per heavy atom.